The lowest BCUT2D eigenvalue weighted by Crippen LogP contribution is -2.23. The molecular weight excluding hydrogens is 373 g/mol. The number of aryl methyl sites for hydroxylation is 1. The fourth-order valence-corrected chi connectivity index (χ4v) is 4.23. The first-order chi connectivity index (χ1) is 12.5. The summed E-state index contributed by atoms with van der Waals surface area (Å²) in [5.74, 6) is 0.771. The Hall–Kier alpha value is -2.26. The highest BCUT2D eigenvalue weighted by molar-refractivity contribution is 7.98. The van der Waals surface area contributed by atoms with Crippen molar-refractivity contribution in [3.05, 3.63) is 47.0 Å². The van der Waals surface area contributed by atoms with E-state index in [2.05, 4.69) is 15.2 Å². The zero-order valence-corrected chi connectivity index (χ0v) is 16.3. The lowest BCUT2D eigenvalue weighted by molar-refractivity contribution is -0.115. The van der Waals surface area contributed by atoms with Gasteiger partial charge in [0.15, 0.2) is 10.3 Å². The fraction of sp³-hybridized carbons (Fsp3) is 0.294. The number of anilines is 2. The molecule has 3 rings (SSSR count). The van der Waals surface area contributed by atoms with Crippen molar-refractivity contribution >= 4 is 39.8 Å². The van der Waals surface area contributed by atoms with Gasteiger partial charge in [-0.2, -0.15) is 0 Å². The van der Waals surface area contributed by atoms with Gasteiger partial charge in [0.05, 0.1) is 11.4 Å². The molecule has 9 heteroatoms. The van der Waals surface area contributed by atoms with E-state index in [1.54, 1.807) is 18.2 Å². The molecule has 0 atom stereocenters. The lowest BCUT2D eigenvalue weighted by Gasteiger charge is -2.18. The van der Waals surface area contributed by atoms with E-state index in [1.165, 1.54) is 41.0 Å². The molecule has 136 valence electrons. The summed E-state index contributed by atoms with van der Waals surface area (Å²) in [7, 11) is 1.93. The molecule has 0 unspecified atom stereocenters. The third-order valence-corrected chi connectivity index (χ3v) is 5.66. The number of benzene rings is 1. The van der Waals surface area contributed by atoms with Crippen LogP contribution in [0.5, 0.6) is 0 Å². The second kappa shape index (κ2) is 7.96. The first-order valence-electron chi connectivity index (χ1n) is 8.02. The van der Waals surface area contributed by atoms with Crippen molar-refractivity contribution in [1.29, 1.82) is 0 Å². The van der Waals surface area contributed by atoms with E-state index in [0.717, 1.165) is 23.1 Å². The molecule has 26 heavy (non-hydrogen) atoms. The van der Waals surface area contributed by atoms with E-state index in [-0.39, 0.29) is 11.6 Å². The molecule has 6 nitrogen and oxygen atoms in total. The van der Waals surface area contributed by atoms with Crippen LogP contribution in [0.15, 0.2) is 34.8 Å². The quantitative estimate of drug-likeness (QED) is 0.596. The van der Waals surface area contributed by atoms with Crippen LogP contribution in [-0.4, -0.2) is 25.7 Å². The van der Waals surface area contributed by atoms with Gasteiger partial charge in [-0.05, 0) is 12.1 Å². The summed E-state index contributed by atoms with van der Waals surface area (Å²) in [6, 6.07) is 6.18. The van der Waals surface area contributed by atoms with Crippen LogP contribution < -0.4 is 4.90 Å². The topological polar surface area (TPSA) is 63.9 Å². The predicted octanol–water partition coefficient (Wildman–Crippen LogP) is 3.95. The Labute approximate surface area is 159 Å². The number of carbonyl (C=O) groups excluding carboxylic acids is 1. The average molecular weight is 391 g/mol. The number of amides is 1. The summed E-state index contributed by atoms with van der Waals surface area (Å²) in [5, 5.41) is 11.4. The highest BCUT2D eigenvalue weighted by Crippen LogP contribution is 2.32. The van der Waals surface area contributed by atoms with E-state index in [1.807, 2.05) is 23.9 Å². The summed E-state index contributed by atoms with van der Waals surface area (Å²) in [4.78, 5) is 17.9. The zero-order valence-electron chi connectivity index (χ0n) is 14.6. The minimum atomic E-state index is -0.458. The van der Waals surface area contributed by atoms with Crippen molar-refractivity contribution in [3.63, 3.8) is 0 Å². The lowest BCUT2D eigenvalue weighted by atomic mass is 10.3. The van der Waals surface area contributed by atoms with Gasteiger partial charge in [0.2, 0.25) is 5.91 Å². The molecule has 1 amide bonds. The standard InChI is InChI=1S/C17H18FN5OS2/c1-4-15-20-21-17(22(15)3)26-10-12-9-25-16(19-12)23(11(2)24)14-8-6-5-7-13(14)18/h5-9H,4,10H2,1-3H3. The van der Waals surface area contributed by atoms with Crippen LogP contribution in [0.25, 0.3) is 0 Å². The monoisotopic (exact) mass is 391 g/mol. The number of hydrogen-bond donors (Lipinski definition) is 0. The maximum absolute atomic E-state index is 14.1. The van der Waals surface area contributed by atoms with Gasteiger partial charge in [-0.1, -0.05) is 30.8 Å². The van der Waals surface area contributed by atoms with Crippen molar-refractivity contribution in [2.24, 2.45) is 7.05 Å². The first kappa shape index (κ1) is 18.5. The smallest absolute Gasteiger partial charge is 0.230 e. The molecule has 0 spiro atoms. The van der Waals surface area contributed by atoms with Crippen molar-refractivity contribution in [1.82, 2.24) is 19.7 Å². The van der Waals surface area contributed by atoms with E-state index in [9.17, 15) is 9.18 Å². The number of aromatic nitrogens is 4. The Bertz CT molecular complexity index is 924. The van der Waals surface area contributed by atoms with Crippen LogP contribution in [-0.2, 0) is 24.0 Å². The van der Waals surface area contributed by atoms with Gasteiger partial charge in [-0.15, -0.1) is 21.5 Å². The molecule has 0 N–H and O–H groups in total. The van der Waals surface area contributed by atoms with Crippen LogP contribution in [0.4, 0.5) is 15.2 Å². The molecule has 0 fully saturated rings. The summed E-state index contributed by atoms with van der Waals surface area (Å²) in [5.41, 5.74) is 1.01. The van der Waals surface area contributed by atoms with Crippen LogP contribution in [0.3, 0.4) is 0 Å². The second-order valence-electron chi connectivity index (χ2n) is 5.53. The third kappa shape index (κ3) is 3.78. The number of thioether (sulfide) groups is 1. The van der Waals surface area contributed by atoms with Crippen LogP contribution in [0.1, 0.15) is 25.4 Å². The Morgan fingerprint density at radius 2 is 2.12 bits per heavy atom. The Balaban J connectivity index is 1.78. The van der Waals surface area contributed by atoms with E-state index in [0.29, 0.717) is 10.9 Å². The van der Waals surface area contributed by atoms with E-state index >= 15 is 0 Å². The van der Waals surface area contributed by atoms with Crippen molar-refractivity contribution in [2.45, 2.75) is 31.2 Å². The van der Waals surface area contributed by atoms with Crippen LogP contribution in [0.2, 0.25) is 0 Å². The van der Waals surface area contributed by atoms with Crippen LogP contribution >= 0.6 is 23.1 Å². The molecule has 0 saturated carbocycles. The van der Waals surface area contributed by atoms with Gasteiger partial charge in [0.25, 0.3) is 0 Å². The molecule has 0 aliphatic heterocycles. The number of carbonyl (C=O) groups is 1. The van der Waals surface area contributed by atoms with Gasteiger partial charge >= 0.3 is 0 Å². The summed E-state index contributed by atoms with van der Waals surface area (Å²) in [6.07, 6.45) is 0.821. The van der Waals surface area contributed by atoms with Crippen LogP contribution in [0, 0.1) is 5.82 Å². The van der Waals surface area contributed by atoms with E-state index in [4.69, 9.17) is 0 Å². The second-order valence-corrected chi connectivity index (χ2v) is 7.31. The van der Waals surface area contributed by atoms with Gasteiger partial charge in [-0.3, -0.25) is 9.69 Å². The van der Waals surface area contributed by atoms with Crippen molar-refractivity contribution < 1.29 is 9.18 Å². The Morgan fingerprint density at radius 1 is 1.35 bits per heavy atom. The largest absolute Gasteiger partial charge is 0.309 e. The highest BCUT2D eigenvalue weighted by Gasteiger charge is 2.21. The number of hydrogen-bond acceptors (Lipinski definition) is 6. The number of nitrogens with zero attached hydrogens (tertiary/aromatic N) is 5. The minimum absolute atomic E-state index is 0.203. The number of halogens is 1. The summed E-state index contributed by atoms with van der Waals surface area (Å²) >= 11 is 2.83. The predicted molar refractivity (Wildman–Crippen MR) is 101 cm³/mol. The van der Waals surface area contributed by atoms with Crippen molar-refractivity contribution in [3.8, 4) is 0 Å². The first-order valence-corrected chi connectivity index (χ1v) is 9.88. The van der Waals surface area contributed by atoms with Gasteiger partial charge in [0, 0.05) is 31.5 Å². The number of rotatable bonds is 6. The number of para-hydroxylation sites is 1. The molecule has 0 aliphatic carbocycles. The molecule has 0 radical (unpaired) electrons. The maximum atomic E-state index is 14.1. The molecule has 1 aromatic carbocycles. The zero-order chi connectivity index (χ0) is 18.7. The van der Waals surface area contributed by atoms with Gasteiger partial charge in [-0.25, -0.2) is 9.37 Å². The summed E-state index contributed by atoms with van der Waals surface area (Å²) in [6.45, 7) is 3.43. The molecule has 0 bridgehead atoms. The SMILES string of the molecule is CCc1nnc(SCc2csc(N(C(C)=O)c3ccccc3F)n2)n1C. The minimum Gasteiger partial charge on any atom is -0.309 e. The fourth-order valence-electron chi connectivity index (χ4n) is 2.42. The van der Waals surface area contributed by atoms with Crippen molar-refractivity contribution in [2.75, 3.05) is 4.90 Å². The normalized spacial score (nSPS) is 10.9. The molecule has 2 heterocycles. The molecule has 3 aromatic rings. The molecular formula is C17H18FN5OS2. The van der Waals surface area contributed by atoms with Gasteiger partial charge < -0.3 is 4.57 Å². The molecule has 2 aromatic heterocycles. The van der Waals surface area contributed by atoms with E-state index < -0.39 is 5.82 Å². The Morgan fingerprint density at radius 3 is 2.77 bits per heavy atom. The maximum Gasteiger partial charge on any atom is 0.230 e. The Kier molecular flexibility index (Phi) is 5.67. The molecule has 0 saturated heterocycles. The third-order valence-electron chi connectivity index (χ3n) is 3.73. The molecule has 0 aliphatic rings. The highest BCUT2D eigenvalue weighted by atomic mass is 32.2. The number of thiazole rings is 1. The summed E-state index contributed by atoms with van der Waals surface area (Å²) < 4.78 is 16.1. The average Bonchev–Trinajstić information content (AvgIpc) is 3.21. The van der Waals surface area contributed by atoms with Gasteiger partial charge in [0.1, 0.15) is 11.6 Å².